The van der Waals surface area contributed by atoms with Crippen LogP contribution in [0.2, 0.25) is 0 Å². The van der Waals surface area contributed by atoms with Gasteiger partial charge in [0.2, 0.25) is 0 Å². The van der Waals surface area contributed by atoms with Crippen LogP contribution in [0.15, 0.2) is 0 Å². The number of piperidine rings is 1. The van der Waals surface area contributed by atoms with Gasteiger partial charge in [-0.15, -0.1) is 0 Å². The Morgan fingerprint density at radius 3 is 3.23 bits per heavy atom. The molecule has 13 heavy (non-hydrogen) atoms. The molecule has 0 spiro atoms. The van der Waals surface area contributed by atoms with E-state index in [-0.39, 0.29) is 6.17 Å². The Kier molecular flexibility index (Phi) is 2.83. The van der Waals surface area contributed by atoms with Crippen LogP contribution >= 0.6 is 0 Å². The molecule has 0 saturated carbocycles. The van der Waals surface area contributed by atoms with Crippen molar-refractivity contribution in [1.82, 2.24) is 10.2 Å². The van der Waals surface area contributed by atoms with Gasteiger partial charge in [0.15, 0.2) is 0 Å². The van der Waals surface area contributed by atoms with Gasteiger partial charge in [-0.3, -0.25) is 4.90 Å². The quantitative estimate of drug-likeness (QED) is 0.570. The lowest BCUT2D eigenvalue weighted by Crippen LogP contribution is -2.60. The SMILES string of the molecule is CC(N)N1CCC2NCCO[C@H]2C1. The Morgan fingerprint density at radius 2 is 2.46 bits per heavy atom. The standard InChI is InChI=1S/C9H19N3O/c1-7(10)12-4-2-8-9(6-12)13-5-3-11-8/h7-9,11H,2-6,10H2,1H3/t7?,8?,9-/m0/s1. The van der Waals surface area contributed by atoms with Crippen molar-refractivity contribution >= 4 is 0 Å². The molecule has 2 fully saturated rings. The average molecular weight is 185 g/mol. The summed E-state index contributed by atoms with van der Waals surface area (Å²) in [5.41, 5.74) is 5.84. The van der Waals surface area contributed by atoms with Crippen molar-refractivity contribution in [3.8, 4) is 0 Å². The molecule has 4 heteroatoms. The van der Waals surface area contributed by atoms with Gasteiger partial charge >= 0.3 is 0 Å². The van der Waals surface area contributed by atoms with Crippen molar-refractivity contribution in [2.24, 2.45) is 5.73 Å². The van der Waals surface area contributed by atoms with Gasteiger partial charge in [0.05, 0.1) is 18.9 Å². The fraction of sp³-hybridized carbons (Fsp3) is 1.00. The second kappa shape index (κ2) is 3.92. The second-order valence-corrected chi connectivity index (χ2v) is 3.99. The molecule has 0 aromatic heterocycles. The predicted octanol–water partition coefficient (Wildman–Crippen LogP) is -0.646. The molecule has 0 aromatic rings. The summed E-state index contributed by atoms with van der Waals surface area (Å²) in [6, 6.07) is 0.559. The molecule has 4 nitrogen and oxygen atoms in total. The Labute approximate surface area is 79.4 Å². The molecule has 0 aromatic carbocycles. The zero-order valence-electron chi connectivity index (χ0n) is 8.20. The van der Waals surface area contributed by atoms with E-state index in [0.717, 1.165) is 32.7 Å². The van der Waals surface area contributed by atoms with Crippen LogP contribution in [0.3, 0.4) is 0 Å². The molecule has 0 radical (unpaired) electrons. The zero-order valence-corrected chi connectivity index (χ0v) is 8.20. The first-order valence-electron chi connectivity index (χ1n) is 5.12. The number of hydrogen-bond donors (Lipinski definition) is 2. The summed E-state index contributed by atoms with van der Waals surface area (Å²) >= 11 is 0. The Balaban J connectivity index is 1.91. The van der Waals surface area contributed by atoms with Gasteiger partial charge in [-0.1, -0.05) is 0 Å². The van der Waals surface area contributed by atoms with Gasteiger partial charge in [-0.2, -0.15) is 0 Å². The van der Waals surface area contributed by atoms with Crippen molar-refractivity contribution in [2.45, 2.75) is 31.7 Å². The Morgan fingerprint density at radius 1 is 1.62 bits per heavy atom. The minimum Gasteiger partial charge on any atom is -0.374 e. The van der Waals surface area contributed by atoms with Gasteiger partial charge in [0, 0.05) is 25.7 Å². The van der Waals surface area contributed by atoms with E-state index in [0.29, 0.717) is 12.1 Å². The summed E-state index contributed by atoms with van der Waals surface area (Å²) < 4.78 is 5.70. The molecule has 0 aliphatic carbocycles. The van der Waals surface area contributed by atoms with Gasteiger partial charge in [-0.05, 0) is 13.3 Å². The monoisotopic (exact) mass is 185 g/mol. The van der Waals surface area contributed by atoms with Crippen LogP contribution in [0.1, 0.15) is 13.3 Å². The first kappa shape index (κ1) is 9.40. The van der Waals surface area contributed by atoms with Crippen LogP contribution in [-0.2, 0) is 4.74 Å². The number of hydrogen-bond acceptors (Lipinski definition) is 4. The highest BCUT2D eigenvalue weighted by Crippen LogP contribution is 2.17. The van der Waals surface area contributed by atoms with E-state index in [1.54, 1.807) is 0 Å². The van der Waals surface area contributed by atoms with E-state index >= 15 is 0 Å². The highest BCUT2D eigenvalue weighted by molar-refractivity contribution is 4.89. The lowest BCUT2D eigenvalue weighted by Gasteiger charge is -2.42. The molecule has 2 rings (SSSR count). The first-order chi connectivity index (χ1) is 6.27. The van der Waals surface area contributed by atoms with E-state index in [4.69, 9.17) is 10.5 Å². The third-order valence-corrected chi connectivity index (χ3v) is 3.01. The molecule has 2 heterocycles. The van der Waals surface area contributed by atoms with Crippen molar-refractivity contribution in [3.05, 3.63) is 0 Å². The van der Waals surface area contributed by atoms with Gasteiger partial charge in [0.25, 0.3) is 0 Å². The van der Waals surface area contributed by atoms with Crippen LogP contribution in [0.25, 0.3) is 0 Å². The highest BCUT2D eigenvalue weighted by Gasteiger charge is 2.32. The summed E-state index contributed by atoms with van der Waals surface area (Å²) in [5, 5.41) is 3.49. The maximum absolute atomic E-state index is 5.84. The number of ether oxygens (including phenoxy) is 1. The van der Waals surface area contributed by atoms with E-state index < -0.39 is 0 Å². The summed E-state index contributed by atoms with van der Waals surface area (Å²) in [5.74, 6) is 0. The van der Waals surface area contributed by atoms with Gasteiger partial charge < -0.3 is 15.8 Å². The first-order valence-corrected chi connectivity index (χ1v) is 5.12. The van der Waals surface area contributed by atoms with Gasteiger partial charge in [-0.25, -0.2) is 0 Å². The zero-order chi connectivity index (χ0) is 9.26. The number of rotatable bonds is 1. The van der Waals surface area contributed by atoms with E-state index in [9.17, 15) is 0 Å². The molecule has 3 atom stereocenters. The largest absolute Gasteiger partial charge is 0.374 e. The number of fused-ring (bicyclic) bond motifs is 1. The molecule has 2 aliphatic heterocycles. The Hall–Kier alpha value is -0.160. The summed E-state index contributed by atoms with van der Waals surface area (Å²) in [7, 11) is 0. The second-order valence-electron chi connectivity index (χ2n) is 3.99. The third-order valence-electron chi connectivity index (χ3n) is 3.01. The highest BCUT2D eigenvalue weighted by atomic mass is 16.5. The molecule has 3 N–H and O–H groups in total. The maximum Gasteiger partial charge on any atom is 0.0856 e. The molecule has 0 bridgehead atoms. The molecule has 2 saturated heterocycles. The summed E-state index contributed by atoms with van der Waals surface area (Å²) in [6.07, 6.45) is 1.67. The van der Waals surface area contributed by atoms with Crippen molar-refractivity contribution in [2.75, 3.05) is 26.2 Å². The normalized spacial score (nSPS) is 38.3. The number of likely N-dealkylation sites (tertiary alicyclic amines) is 1. The molecule has 2 unspecified atom stereocenters. The maximum atomic E-state index is 5.84. The van der Waals surface area contributed by atoms with Gasteiger partial charge in [0.1, 0.15) is 0 Å². The molecule has 2 aliphatic rings. The number of nitrogens with two attached hydrogens (primary N) is 1. The van der Waals surface area contributed by atoms with Crippen LogP contribution in [0, 0.1) is 0 Å². The third kappa shape index (κ3) is 2.02. The molecular formula is C9H19N3O. The number of nitrogens with zero attached hydrogens (tertiary/aromatic N) is 1. The summed E-state index contributed by atoms with van der Waals surface area (Å²) in [6.45, 7) is 5.95. The topological polar surface area (TPSA) is 50.5 Å². The Bertz CT molecular complexity index is 174. The average Bonchev–Trinajstić information content (AvgIpc) is 2.17. The van der Waals surface area contributed by atoms with Crippen LogP contribution < -0.4 is 11.1 Å². The minimum absolute atomic E-state index is 0.159. The van der Waals surface area contributed by atoms with Crippen molar-refractivity contribution in [3.63, 3.8) is 0 Å². The predicted molar refractivity (Wildman–Crippen MR) is 51.4 cm³/mol. The van der Waals surface area contributed by atoms with Crippen molar-refractivity contribution < 1.29 is 4.74 Å². The van der Waals surface area contributed by atoms with Crippen LogP contribution in [0.5, 0.6) is 0 Å². The van der Waals surface area contributed by atoms with E-state index in [2.05, 4.69) is 10.2 Å². The molecule has 76 valence electrons. The smallest absolute Gasteiger partial charge is 0.0856 e. The van der Waals surface area contributed by atoms with Crippen LogP contribution in [-0.4, -0.2) is 49.5 Å². The fourth-order valence-corrected chi connectivity index (χ4v) is 2.17. The van der Waals surface area contributed by atoms with E-state index in [1.807, 2.05) is 6.92 Å². The number of nitrogens with one attached hydrogen (secondary N) is 1. The van der Waals surface area contributed by atoms with Crippen molar-refractivity contribution in [1.29, 1.82) is 0 Å². The molecule has 0 amide bonds. The van der Waals surface area contributed by atoms with Crippen LogP contribution in [0.4, 0.5) is 0 Å². The lowest BCUT2D eigenvalue weighted by atomic mass is 10.0. The number of morpholine rings is 1. The molecular weight excluding hydrogens is 166 g/mol. The van der Waals surface area contributed by atoms with E-state index in [1.165, 1.54) is 0 Å². The fourth-order valence-electron chi connectivity index (χ4n) is 2.17. The minimum atomic E-state index is 0.159. The lowest BCUT2D eigenvalue weighted by molar-refractivity contribution is -0.0543. The summed E-state index contributed by atoms with van der Waals surface area (Å²) in [4.78, 5) is 2.29.